The molecule has 0 aliphatic heterocycles. The fourth-order valence-corrected chi connectivity index (χ4v) is 11.5. The normalized spacial score (nSPS) is 22.9. The van der Waals surface area contributed by atoms with Gasteiger partial charge in [0, 0.05) is 24.0 Å². The number of esters is 1. The van der Waals surface area contributed by atoms with Gasteiger partial charge in [-0.2, -0.15) is 0 Å². The van der Waals surface area contributed by atoms with Crippen molar-refractivity contribution in [2.45, 2.75) is 57.1 Å². The van der Waals surface area contributed by atoms with Gasteiger partial charge in [0.15, 0.2) is 0 Å². The van der Waals surface area contributed by atoms with Gasteiger partial charge in [-0.15, -0.1) is 0 Å². The third-order valence-electron chi connectivity index (χ3n) is 8.84. The number of carbonyl (C=O) groups is 1. The van der Waals surface area contributed by atoms with Gasteiger partial charge in [0.05, 0.1) is 19.3 Å². The molecule has 4 atom stereocenters. The van der Waals surface area contributed by atoms with Crippen LogP contribution in [0.3, 0.4) is 0 Å². The molecule has 0 spiro atoms. The summed E-state index contributed by atoms with van der Waals surface area (Å²) in [7, 11) is -2.89. The molecule has 0 aromatic heterocycles. The van der Waals surface area contributed by atoms with E-state index < -0.39 is 25.8 Å². The Morgan fingerprint density at radius 2 is 1.57 bits per heavy atom. The van der Waals surface area contributed by atoms with Crippen LogP contribution in [0.5, 0.6) is 0 Å². The van der Waals surface area contributed by atoms with Gasteiger partial charge in [-0.05, 0) is 58.8 Å². The summed E-state index contributed by atoms with van der Waals surface area (Å²) in [6.07, 6.45) is 3.08. The Morgan fingerprint density at radius 3 is 2.07 bits per heavy atom. The van der Waals surface area contributed by atoms with Gasteiger partial charge >= 0.3 is 5.97 Å². The van der Waals surface area contributed by atoms with Crippen molar-refractivity contribution < 1.29 is 28.6 Å². The Bertz CT molecular complexity index is 1280. The molecule has 1 fully saturated rings. The zero-order chi connectivity index (χ0) is 30.4. The Balaban J connectivity index is 1.77. The average Bonchev–Trinajstić information content (AvgIpc) is 3.25. The number of halogens is 1. The molecule has 3 aromatic carbocycles. The second-order valence-corrected chi connectivity index (χ2v) is 16.5. The van der Waals surface area contributed by atoms with Crippen molar-refractivity contribution in [1.82, 2.24) is 0 Å². The van der Waals surface area contributed by atoms with Crippen molar-refractivity contribution in [2.75, 3.05) is 19.8 Å². The average molecular weight is 591 g/mol. The maximum Gasteiger partial charge on any atom is 0.330 e. The van der Waals surface area contributed by atoms with Crippen LogP contribution in [0.4, 0.5) is 4.39 Å². The van der Waals surface area contributed by atoms with E-state index in [1.54, 1.807) is 25.1 Å². The molecule has 3 aromatic rings. The first kappa shape index (κ1) is 31.8. The molecule has 4 unspecified atom stereocenters. The highest BCUT2D eigenvalue weighted by atomic mass is 28.4. The third-order valence-corrected chi connectivity index (χ3v) is 13.8. The zero-order valence-corrected chi connectivity index (χ0v) is 26.0. The second kappa shape index (κ2) is 13.5. The summed E-state index contributed by atoms with van der Waals surface area (Å²) in [6.45, 7) is 8.68. The van der Waals surface area contributed by atoms with Crippen LogP contribution >= 0.6 is 0 Å². The summed E-state index contributed by atoms with van der Waals surface area (Å²) < 4.78 is 26.2. The number of ether oxygens (including phenoxy) is 1. The monoisotopic (exact) mass is 590 g/mol. The molecule has 5 nitrogen and oxygen atoms in total. The van der Waals surface area contributed by atoms with Crippen LogP contribution in [0.1, 0.15) is 46.1 Å². The quantitative estimate of drug-likeness (QED) is 0.184. The van der Waals surface area contributed by atoms with Gasteiger partial charge in [0.1, 0.15) is 5.82 Å². The van der Waals surface area contributed by atoms with E-state index in [9.17, 15) is 19.4 Å². The molecule has 4 rings (SSSR count). The lowest BCUT2D eigenvalue weighted by Crippen LogP contribution is -2.67. The van der Waals surface area contributed by atoms with Gasteiger partial charge < -0.3 is 19.4 Å². The summed E-state index contributed by atoms with van der Waals surface area (Å²) in [5.74, 6) is -1.44. The fraction of sp³-hybridized carbons (Fsp3) is 0.400. The van der Waals surface area contributed by atoms with E-state index in [2.05, 4.69) is 45.0 Å². The molecule has 1 aliphatic carbocycles. The highest BCUT2D eigenvalue weighted by molar-refractivity contribution is 6.99. The Morgan fingerprint density at radius 1 is 1.00 bits per heavy atom. The van der Waals surface area contributed by atoms with Gasteiger partial charge in [0.2, 0.25) is 0 Å². The van der Waals surface area contributed by atoms with Crippen LogP contribution in [0.25, 0.3) is 0 Å². The summed E-state index contributed by atoms with van der Waals surface area (Å²) in [5.41, 5.74) is -0.0843. The van der Waals surface area contributed by atoms with Gasteiger partial charge in [-0.25, -0.2) is 9.18 Å². The van der Waals surface area contributed by atoms with Crippen LogP contribution < -0.4 is 10.4 Å². The number of allylic oxidation sites excluding steroid dienone is 1. The Labute approximate surface area is 250 Å². The molecule has 0 radical (unpaired) electrons. The molecule has 224 valence electrons. The largest absolute Gasteiger partial charge is 0.463 e. The summed E-state index contributed by atoms with van der Waals surface area (Å²) in [5, 5.41) is 24.5. The topological polar surface area (TPSA) is 76.0 Å². The van der Waals surface area contributed by atoms with E-state index in [0.717, 1.165) is 15.9 Å². The highest BCUT2D eigenvalue weighted by Gasteiger charge is 2.56. The third kappa shape index (κ3) is 6.30. The fourth-order valence-electron chi connectivity index (χ4n) is 6.85. The minimum absolute atomic E-state index is 0.233. The zero-order valence-electron chi connectivity index (χ0n) is 25.0. The molecule has 0 heterocycles. The van der Waals surface area contributed by atoms with Crippen molar-refractivity contribution in [3.63, 3.8) is 0 Å². The van der Waals surface area contributed by atoms with Crippen molar-refractivity contribution in [1.29, 1.82) is 0 Å². The van der Waals surface area contributed by atoms with Crippen molar-refractivity contribution in [2.24, 2.45) is 11.8 Å². The first-order valence-corrected chi connectivity index (χ1v) is 16.6. The van der Waals surface area contributed by atoms with E-state index in [1.165, 1.54) is 18.2 Å². The van der Waals surface area contributed by atoms with E-state index >= 15 is 0 Å². The standard InChI is InChI=1S/C35H43FO5Si/c1-5-40-33(39)18-12-17-31-30(32(38)23-35(31,25-37)26-19-21-27(36)22-20-26)24-41-42(34(2,3)4,28-13-8-6-9-14-28)29-15-10-7-11-16-29/h6-16,18-22,30-32,37-38H,5,17,23-25H2,1-4H3/b18-12+. The van der Waals surface area contributed by atoms with Crippen molar-refractivity contribution >= 4 is 24.7 Å². The van der Waals surface area contributed by atoms with E-state index in [4.69, 9.17) is 9.16 Å². The Kier molecular flexibility index (Phi) is 10.2. The van der Waals surface area contributed by atoms with Crippen LogP contribution in [0.2, 0.25) is 5.04 Å². The summed E-state index contributed by atoms with van der Waals surface area (Å²) >= 11 is 0. The highest BCUT2D eigenvalue weighted by Crippen LogP contribution is 2.51. The lowest BCUT2D eigenvalue weighted by atomic mass is 9.69. The van der Waals surface area contributed by atoms with Gasteiger partial charge in [-0.3, -0.25) is 0 Å². The number of aliphatic hydroxyl groups is 2. The van der Waals surface area contributed by atoms with Crippen LogP contribution in [-0.2, 0) is 19.4 Å². The number of carbonyl (C=O) groups excluding carboxylic acids is 1. The molecule has 2 N–H and O–H groups in total. The second-order valence-electron chi connectivity index (χ2n) is 12.2. The van der Waals surface area contributed by atoms with Crippen molar-refractivity contribution in [3.8, 4) is 0 Å². The maximum atomic E-state index is 13.9. The maximum absolute atomic E-state index is 13.9. The van der Waals surface area contributed by atoms with E-state index in [0.29, 0.717) is 12.8 Å². The Hall–Kier alpha value is -3.10. The predicted octanol–water partition coefficient (Wildman–Crippen LogP) is 5.14. The van der Waals surface area contributed by atoms with Gasteiger partial charge in [0.25, 0.3) is 8.32 Å². The SMILES string of the molecule is CCOC(=O)/C=C/CC1C(CO[Si](c2ccccc2)(c2ccccc2)C(C)(C)C)C(O)CC1(CO)c1ccc(F)cc1. The molecule has 0 amide bonds. The lowest BCUT2D eigenvalue weighted by molar-refractivity contribution is -0.137. The molecule has 0 bridgehead atoms. The number of aliphatic hydroxyl groups excluding tert-OH is 2. The van der Waals surface area contributed by atoms with Gasteiger partial charge in [-0.1, -0.05) is 99.6 Å². The minimum Gasteiger partial charge on any atom is -0.463 e. The molecular formula is C35H43FO5Si. The first-order chi connectivity index (χ1) is 20.1. The number of hydrogen-bond acceptors (Lipinski definition) is 5. The number of hydrogen-bond donors (Lipinski definition) is 2. The number of benzene rings is 3. The molecule has 0 saturated heterocycles. The molecule has 42 heavy (non-hydrogen) atoms. The van der Waals surface area contributed by atoms with Crippen molar-refractivity contribution in [3.05, 3.63) is 108 Å². The number of rotatable bonds is 11. The first-order valence-electron chi connectivity index (χ1n) is 14.7. The predicted molar refractivity (Wildman–Crippen MR) is 167 cm³/mol. The smallest absolute Gasteiger partial charge is 0.330 e. The van der Waals surface area contributed by atoms with E-state index in [-0.39, 0.29) is 42.5 Å². The van der Waals surface area contributed by atoms with Crippen LogP contribution in [-0.4, -0.2) is 50.4 Å². The molecule has 7 heteroatoms. The molecular weight excluding hydrogens is 547 g/mol. The summed E-state index contributed by atoms with van der Waals surface area (Å²) in [4.78, 5) is 12.1. The van der Waals surface area contributed by atoms with Crippen LogP contribution in [0, 0.1) is 17.7 Å². The molecule has 1 aliphatic rings. The lowest BCUT2D eigenvalue weighted by Gasteiger charge is -2.44. The van der Waals surface area contributed by atoms with Crippen LogP contribution in [0.15, 0.2) is 97.1 Å². The molecule has 1 saturated carbocycles. The minimum atomic E-state index is -2.89. The summed E-state index contributed by atoms with van der Waals surface area (Å²) in [6, 6.07) is 26.8. The van der Waals surface area contributed by atoms with E-state index in [1.807, 2.05) is 36.4 Å².